The predicted molar refractivity (Wildman–Crippen MR) is 115 cm³/mol. The van der Waals surface area contributed by atoms with Crippen molar-refractivity contribution in [3.63, 3.8) is 0 Å². The number of para-hydroxylation sites is 1. The molecule has 0 unspecified atom stereocenters. The molecule has 0 bridgehead atoms. The molecule has 0 atom stereocenters. The van der Waals surface area contributed by atoms with Gasteiger partial charge >= 0.3 is 6.18 Å². The molecule has 0 fully saturated rings. The number of pyridine rings is 1. The van der Waals surface area contributed by atoms with E-state index in [1.807, 2.05) is 41.0 Å². The van der Waals surface area contributed by atoms with Gasteiger partial charge in [0, 0.05) is 29.3 Å². The summed E-state index contributed by atoms with van der Waals surface area (Å²) in [5.74, 6) is 0.203. The summed E-state index contributed by atoms with van der Waals surface area (Å²) in [5, 5.41) is 11.6. The first-order valence-corrected chi connectivity index (χ1v) is 10.4. The van der Waals surface area contributed by atoms with E-state index in [-0.39, 0.29) is 17.3 Å². The number of halogens is 3. The minimum Gasteiger partial charge on any atom is -0.325 e. The van der Waals surface area contributed by atoms with Crippen LogP contribution in [0.2, 0.25) is 0 Å². The van der Waals surface area contributed by atoms with Crippen LogP contribution < -0.4 is 5.32 Å². The highest BCUT2D eigenvalue weighted by Crippen LogP contribution is 2.30. The SMILES string of the molecule is O=C(CSc1nnc(-c2cccnc2)n1-c1ccccc1)Nc1ccc(C(F)(F)F)cc1. The fourth-order valence-electron chi connectivity index (χ4n) is 2.92. The number of benzene rings is 2. The Hall–Kier alpha value is -3.66. The predicted octanol–water partition coefficient (Wildman–Crippen LogP) is 5.08. The lowest BCUT2D eigenvalue weighted by atomic mass is 10.2. The number of hydrogen-bond donors (Lipinski definition) is 1. The molecule has 2 heterocycles. The van der Waals surface area contributed by atoms with Gasteiger partial charge < -0.3 is 5.32 Å². The number of hydrogen-bond acceptors (Lipinski definition) is 5. The van der Waals surface area contributed by atoms with Crippen molar-refractivity contribution in [3.8, 4) is 17.1 Å². The number of carbonyl (C=O) groups excluding carboxylic acids is 1. The van der Waals surface area contributed by atoms with Gasteiger partial charge in [-0.1, -0.05) is 30.0 Å². The fraction of sp³-hybridized carbons (Fsp3) is 0.0909. The summed E-state index contributed by atoms with van der Waals surface area (Å²) in [5.41, 5.74) is 1.10. The lowest BCUT2D eigenvalue weighted by Gasteiger charge is -2.11. The second-order valence-electron chi connectivity index (χ2n) is 6.63. The van der Waals surface area contributed by atoms with Gasteiger partial charge in [-0.2, -0.15) is 13.2 Å². The molecule has 4 aromatic rings. The number of alkyl halides is 3. The number of thioether (sulfide) groups is 1. The highest BCUT2D eigenvalue weighted by atomic mass is 32.2. The molecule has 1 N–H and O–H groups in total. The maximum atomic E-state index is 12.7. The van der Waals surface area contributed by atoms with E-state index in [4.69, 9.17) is 0 Å². The van der Waals surface area contributed by atoms with E-state index in [2.05, 4.69) is 20.5 Å². The van der Waals surface area contributed by atoms with Crippen molar-refractivity contribution in [1.29, 1.82) is 0 Å². The third-order valence-electron chi connectivity index (χ3n) is 4.40. The van der Waals surface area contributed by atoms with Crippen LogP contribution in [0.15, 0.2) is 84.3 Å². The Labute approximate surface area is 185 Å². The third-order valence-corrected chi connectivity index (χ3v) is 5.32. The van der Waals surface area contributed by atoms with Crippen LogP contribution in [0.25, 0.3) is 17.1 Å². The average molecular weight is 455 g/mol. The quantitative estimate of drug-likeness (QED) is 0.411. The van der Waals surface area contributed by atoms with Gasteiger partial charge in [-0.3, -0.25) is 14.3 Å². The van der Waals surface area contributed by atoms with Crippen LogP contribution in [-0.2, 0) is 11.0 Å². The number of rotatable bonds is 6. The molecule has 0 saturated heterocycles. The van der Waals surface area contributed by atoms with Crippen LogP contribution in [0.1, 0.15) is 5.56 Å². The van der Waals surface area contributed by atoms with E-state index in [1.54, 1.807) is 18.5 Å². The molecule has 32 heavy (non-hydrogen) atoms. The van der Waals surface area contributed by atoms with E-state index in [0.717, 1.165) is 23.4 Å². The number of nitrogens with one attached hydrogen (secondary N) is 1. The van der Waals surface area contributed by atoms with Gasteiger partial charge in [-0.15, -0.1) is 10.2 Å². The number of nitrogens with zero attached hydrogens (tertiary/aromatic N) is 4. The van der Waals surface area contributed by atoms with Crippen LogP contribution >= 0.6 is 11.8 Å². The molecule has 2 aromatic heterocycles. The maximum absolute atomic E-state index is 12.7. The summed E-state index contributed by atoms with van der Waals surface area (Å²) in [6, 6.07) is 17.4. The molecule has 10 heteroatoms. The molecule has 0 aliphatic rings. The molecular weight excluding hydrogens is 439 g/mol. The third kappa shape index (κ3) is 4.97. The first-order chi connectivity index (χ1) is 15.4. The molecule has 1 amide bonds. The van der Waals surface area contributed by atoms with Crippen LogP contribution in [0, 0.1) is 0 Å². The summed E-state index contributed by atoms with van der Waals surface area (Å²) >= 11 is 1.17. The minimum atomic E-state index is -4.42. The lowest BCUT2D eigenvalue weighted by Crippen LogP contribution is -2.15. The van der Waals surface area contributed by atoms with Crippen molar-refractivity contribution in [2.24, 2.45) is 0 Å². The van der Waals surface area contributed by atoms with Gasteiger partial charge in [0.15, 0.2) is 11.0 Å². The zero-order chi connectivity index (χ0) is 22.6. The topological polar surface area (TPSA) is 72.7 Å². The van der Waals surface area contributed by atoms with Crippen LogP contribution in [0.4, 0.5) is 18.9 Å². The van der Waals surface area contributed by atoms with Gasteiger partial charge in [-0.25, -0.2) is 0 Å². The van der Waals surface area contributed by atoms with Crippen molar-refractivity contribution < 1.29 is 18.0 Å². The summed E-state index contributed by atoms with van der Waals surface area (Å²) in [6.07, 6.45) is -1.09. The molecular formula is C22H16F3N5OS. The summed E-state index contributed by atoms with van der Waals surface area (Å²) in [6.45, 7) is 0. The van der Waals surface area contributed by atoms with E-state index in [9.17, 15) is 18.0 Å². The Morgan fingerprint density at radius 2 is 1.72 bits per heavy atom. The molecule has 0 radical (unpaired) electrons. The normalized spacial score (nSPS) is 11.3. The molecule has 2 aromatic carbocycles. The molecule has 0 aliphatic carbocycles. The van der Waals surface area contributed by atoms with Crippen LogP contribution in [0.5, 0.6) is 0 Å². The monoisotopic (exact) mass is 455 g/mol. The summed E-state index contributed by atoms with van der Waals surface area (Å²) < 4.78 is 39.9. The Morgan fingerprint density at radius 1 is 0.969 bits per heavy atom. The highest BCUT2D eigenvalue weighted by molar-refractivity contribution is 7.99. The Kier molecular flexibility index (Phi) is 6.22. The molecule has 0 aliphatic heterocycles. The molecule has 0 spiro atoms. The first-order valence-electron chi connectivity index (χ1n) is 9.43. The lowest BCUT2D eigenvalue weighted by molar-refractivity contribution is -0.137. The fourth-order valence-corrected chi connectivity index (χ4v) is 3.68. The van der Waals surface area contributed by atoms with Crippen molar-refractivity contribution in [1.82, 2.24) is 19.7 Å². The smallest absolute Gasteiger partial charge is 0.325 e. The van der Waals surface area contributed by atoms with Gasteiger partial charge in [0.05, 0.1) is 11.3 Å². The van der Waals surface area contributed by atoms with Crippen molar-refractivity contribution >= 4 is 23.4 Å². The zero-order valence-corrected chi connectivity index (χ0v) is 17.3. The summed E-state index contributed by atoms with van der Waals surface area (Å²) in [4.78, 5) is 16.5. The number of aromatic nitrogens is 4. The van der Waals surface area contributed by atoms with Gasteiger partial charge in [0.25, 0.3) is 0 Å². The van der Waals surface area contributed by atoms with E-state index < -0.39 is 11.7 Å². The molecule has 162 valence electrons. The van der Waals surface area contributed by atoms with Gasteiger partial charge in [-0.05, 0) is 48.5 Å². The second-order valence-corrected chi connectivity index (χ2v) is 7.57. The zero-order valence-electron chi connectivity index (χ0n) is 16.5. The van der Waals surface area contributed by atoms with E-state index in [1.165, 1.54) is 23.9 Å². The minimum absolute atomic E-state index is 0.000963. The van der Waals surface area contributed by atoms with Crippen LogP contribution in [-0.4, -0.2) is 31.4 Å². The first kappa shape index (κ1) is 21.6. The Bertz CT molecular complexity index is 1200. The number of amides is 1. The number of carbonyl (C=O) groups is 1. The van der Waals surface area contributed by atoms with Crippen LogP contribution in [0.3, 0.4) is 0 Å². The van der Waals surface area contributed by atoms with Crippen molar-refractivity contribution in [3.05, 3.63) is 84.7 Å². The Balaban J connectivity index is 1.51. The average Bonchev–Trinajstić information content (AvgIpc) is 3.23. The van der Waals surface area contributed by atoms with Gasteiger partial charge in [0.1, 0.15) is 0 Å². The molecule has 0 saturated carbocycles. The molecule has 6 nitrogen and oxygen atoms in total. The maximum Gasteiger partial charge on any atom is 0.416 e. The van der Waals surface area contributed by atoms with Gasteiger partial charge in [0.2, 0.25) is 5.91 Å². The Morgan fingerprint density at radius 3 is 2.38 bits per heavy atom. The van der Waals surface area contributed by atoms with Crippen molar-refractivity contribution in [2.45, 2.75) is 11.3 Å². The van der Waals surface area contributed by atoms with E-state index in [0.29, 0.717) is 11.0 Å². The largest absolute Gasteiger partial charge is 0.416 e. The second kappa shape index (κ2) is 9.23. The molecule has 4 rings (SSSR count). The number of anilines is 1. The van der Waals surface area contributed by atoms with Crippen molar-refractivity contribution in [2.75, 3.05) is 11.1 Å². The van der Waals surface area contributed by atoms with E-state index >= 15 is 0 Å². The summed E-state index contributed by atoms with van der Waals surface area (Å²) in [7, 11) is 0. The standard InChI is InChI=1S/C22H16F3N5OS/c23-22(24,25)16-8-10-17(11-9-16)27-19(31)14-32-21-29-28-20(15-5-4-12-26-13-15)30(21)18-6-2-1-3-7-18/h1-13H,14H2,(H,27,31). The highest BCUT2D eigenvalue weighted by Gasteiger charge is 2.30.